The van der Waals surface area contributed by atoms with Crippen LogP contribution >= 0.6 is 0 Å². The molecule has 1 heterocycles. The van der Waals surface area contributed by atoms with Gasteiger partial charge in [-0.2, -0.15) is 0 Å². The second-order valence-electron chi connectivity index (χ2n) is 4.82. The van der Waals surface area contributed by atoms with E-state index in [0.29, 0.717) is 11.8 Å². The first-order valence-electron chi connectivity index (χ1n) is 5.34. The minimum atomic E-state index is -0.401. The zero-order valence-electron chi connectivity index (χ0n) is 9.38. The maximum atomic E-state index is 11.3. The molecule has 0 spiro atoms. The van der Waals surface area contributed by atoms with Crippen molar-refractivity contribution in [3.8, 4) is 0 Å². The molecule has 1 amide bonds. The van der Waals surface area contributed by atoms with Gasteiger partial charge >= 0.3 is 0 Å². The van der Waals surface area contributed by atoms with Gasteiger partial charge in [-0.15, -0.1) is 0 Å². The van der Waals surface area contributed by atoms with Crippen LogP contribution in [0.2, 0.25) is 0 Å². The van der Waals surface area contributed by atoms with Gasteiger partial charge in [0.25, 0.3) is 0 Å². The number of hydrogen-bond donors (Lipinski definition) is 1. The average molecular weight is 199 g/mol. The number of ether oxygens (including phenoxy) is 1. The Kier molecular flexibility index (Phi) is 3.53. The van der Waals surface area contributed by atoms with Crippen molar-refractivity contribution in [3.63, 3.8) is 0 Å². The summed E-state index contributed by atoms with van der Waals surface area (Å²) < 4.78 is 5.31. The second-order valence-corrected chi connectivity index (χ2v) is 4.82. The minimum Gasteiger partial charge on any atom is -0.381 e. The third kappa shape index (κ3) is 2.27. The van der Waals surface area contributed by atoms with E-state index in [2.05, 4.69) is 6.92 Å². The van der Waals surface area contributed by atoms with E-state index in [1.807, 2.05) is 13.8 Å². The lowest BCUT2D eigenvalue weighted by Gasteiger charge is -2.36. The van der Waals surface area contributed by atoms with E-state index in [0.717, 1.165) is 26.1 Å². The van der Waals surface area contributed by atoms with Crippen molar-refractivity contribution in [1.82, 2.24) is 0 Å². The Labute approximate surface area is 86.0 Å². The molecule has 0 saturated carbocycles. The van der Waals surface area contributed by atoms with Crippen LogP contribution in [0.25, 0.3) is 0 Å². The molecule has 0 aromatic carbocycles. The number of nitrogens with two attached hydrogens (primary N) is 1. The highest BCUT2D eigenvalue weighted by atomic mass is 16.5. The number of carbonyl (C=O) groups is 1. The van der Waals surface area contributed by atoms with Gasteiger partial charge in [-0.3, -0.25) is 4.79 Å². The van der Waals surface area contributed by atoms with E-state index in [1.54, 1.807) is 0 Å². The smallest absolute Gasteiger partial charge is 0.223 e. The van der Waals surface area contributed by atoms with Crippen molar-refractivity contribution >= 4 is 5.91 Å². The maximum Gasteiger partial charge on any atom is 0.223 e. The van der Waals surface area contributed by atoms with Gasteiger partial charge in [-0.05, 0) is 24.7 Å². The fraction of sp³-hybridized carbons (Fsp3) is 0.909. The van der Waals surface area contributed by atoms with Crippen molar-refractivity contribution < 1.29 is 9.53 Å². The summed E-state index contributed by atoms with van der Waals surface area (Å²) in [5.41, 5.74) is 5.01. The summed E-state index contributed by atoms with van der Waals surface area (Å²) in [6, 6.07) is 0. The van der Waals surface area contributed by atoms with Crippen molar-refractivity contribution in [2.24, 2.45) is 23.0 Å². The zero-order chi connectivity index (χ0) is 10.8. The summed E-state index contributed by atoms with van der Waals surface area (Å²) in [4.78, 5) is 11.3. The van der Waals surface area contributed by atoms with E-state index in [9.17, 15) is 4.79 Å². The number of primary amides is 1. The molecule has 3 heteroatoms. The largest absolute Gasteiger partial charge is 0.381 e. The lowest BCUT2D eigenvalue weighted by molar-refractivity contribution is -0.130. The molecule has 0 aliphatic carbocycles. The summed E-state index contributed by atoms with van der Waals surface area (Å²) in [6.07, 6.45) is 2.11. The van der Waals surface area contributed by atoms with Gasteiger partial charge in [0.05, 0.1) is 0 Å². The molecular formula is C11H21NO2. The SMILES string of the molecule is CC(C1CCOCC1)C(C)(C)C(N)=O. The molecule has 1 aliphatic heterocycles. The third-order valence-corrected chi connectivity index (χ3v) is 3.75. The van der Waals surface area contributed by atoms with Gasteiger partial charge in [-0.1, -0.05) is 20.8 Å². The maximum absolute atomic E-state index is 11.3. The Morgan fingerprint density at radius 3 is 2.36 bits per heavy atom. The lowest BCUT2D eigenvalue weighted by atomic mass is 9.70. The molecule has 0 radical (unpaired) electrons. The summed E-state index contributed by atoms with van der Waals surface area (Å²) in [5, 5.41) is 0. The molecule has 2 N–H and O–H groups in total. The van der Waals surface area contributed by atoms with Crippen LogP contribution in [-0.4, -0.2) is 19.1 Å². The lowest BCUT2D eigenvalue weighted by Crippen LogP contribution is -2.41. The highest BCUT2D eigenvalue weighted by Gasteiger charge is 2.37. The van der Waals surface area contributed by atoms with Gasteiger partial charge in [0.15, 0.2) is 0 Å². The molecule has 82 valence electrons. The fourth-order valence-corrected chi connectivity index (χ4v) is 2.03. The standard InChI is InChI=1S/C11H21NO2/c1-8(11(2,3)10(12)13)9-4-6-14-7-5-9/h8-9H,4-7H2,1-3H3,(H2,12,13). The van der Waals surface area contributed by atoms with E-state index in [1.165, 1.54) is 0 Å². The first-order valence-corrected chi connectivity index (χ1v) is 5.34. The minimum absolute atomic E-state index is 0.198. The molecule has 3 nitrogen and oxygen atoms in total. The Bertz CT molecular complexity index is 207. The number of rotatable bonds is 3. The Morgan fingerprint density at radius 2 is 1.93 bits per heavy atom. The van der Waals surface area contributed by atoms with E-state index in [-0.39, 0.29) is 5.91 Å². The third-order valence-electron chi connectivity index (χ3n) is 3.75. The number of carbonyl (C=O) groups excluding carboxylic acids is 1. The van der Waals surface area contributed by atoms with Crippen LogP contribution in [0.15, 0.2) is 0 Å². The number of hydrogen-bond acceptors (Lipinski definition) is 2. The highest BCUT2D eigenvalue weighted by Crippen LogP contribution is 2.36. The monoisotopic (exact) mass is 199 g/mol. The van der Waals surface area contributed by atoms with Crippen LogP contribution in [0, 0.1) is 17.3 Å². The molecule has 14 heavy (non-hydrogen) atoms. The summed E-state index contributed by atoms with van der Waals surface area (Å²) in [7, 11) is 0. The van der Waals surface area contributed by atoms with Crippen LogP contribution in [0.4, 0.5) is 0 Å². The van der Waals surface area contributed by atoms with Gasteiger partial charge in [0.2, 0.25) is 5.91 Å². The summed E-state index contributed by atoms with van der Waals surface area (Å²) in [6.45, 7) is 7.65. The molecule has 1 aliphatic rings. The average Bonchev–Trinajstić information content (AvgIpc) is 2.17. The Balaban J connectivity index is 2.62. The van der Waals surface area contributed by atoms with E-state index >= 15 is 0 Å². The van der Waals surface area contributed by atoms with Gasteiger partial charge < -0.3 is 10.5 Å². The van der Waals surface area contributed by atoms with Crippen LogP contribution in [0.1, 0.15) is 33.6 Å². The normalized spacial score (nSPS) is 21.9. The Morgan fingerprint density at radius 1 is 1.43 bits per heavy atom. The molecule has 1 saturated heterocycles. The quantitative estimate of drug-likeness (QED) is 0.750. The van der Waals surface area contributed by atoms with Crippen molar-refractivity contribution in [3.05, 3.63) is 0 Å². The molecular weight excluding hydrogens is 178 g/mol. The molecule has 0 aromatic heterocycles. The zero-order valence-corrected chi connectivity index (χ0v) is 9.38. The van der Waals surface area contributed by atoms with Crippen LogP contribution < -0.4 is 5.73 Å². The van der Waals surface area contributed by atoms with Gasteiger partial charge in [-0.25, -0.2) is 0 Å². The molecule has 0 aromatic rings. The summed E-state index contributed by atoms with van der Waals surface area (Å²) >= 11 is 0. The summed E-state index contributed by atoms with van der Waals surface area (Å²) in [5.74, 6) is 0.714. The second kappa shape index (κ2) is 4.30. The topological polar surface area (TPSA) is 52.3 Å². The first kappa shape index (κ1) is 11.5. The predicted octanol–water partition coefficient (Wildman–Crippen LogP) is 1.56. The molecule has 1 atom stereocenters. The fourth-order valence-electron chi connectivity index (χ4n) is 2.03. The molecule has 1 unspecified atom stereocenters. The highest BCUT2D eigenvalue weighted by molar-refractivity contribution is 5.80. The van der Waals surface area contributed by atoms with E-state index in [4.69, 9.17) is 10.5 Å². The van der Waals surface area contributed by atoms with Crippen LogP contribution in [0.5, 0.6) is 0 Å². The van der Waals surface area contributed by atoms with Crippen LogP contribution in [0.3, 0.4) is 0 Å². The first-order chi connectivity index (χ1) is 6.46. The van der Waals surface area contributed by atoms with Crippen molar-refractivity contribution in [2.45, 2.75) is 33.6 Å². The van der Waals surface area contributed by atoms with Crippen molar-refractivity contribution in [1.29, 1.82) is 0 Å². The molecule has 1 fully saturated rings. The predicted molar refractivity (Wildman–Crippen MR) is 55.7 cm³/mol. The number of amides is 1. The van der Waals surface area contributed by atoms with E-state index < -0.39 is 5.41 Å². The van der Waals surface area contributed by atoms with Crippen molar-refractivity contribution in [2.75, 3.05) is 13.2 Å². The molecule has 1 rings (SSSR count). The van der Waals surface area contributed by atoms with Gasteiger partial charge in [0, 0.05) is 18.6 Å². The van der Waals surface area contributed by atoms with Gasteiger partial charge in [0.1, 0.15) is 0 Å². The van der Waals surface area contributed by atoms with Crippen LogP contribution in [-0.2, 0) is 9.53 Å². The Hall–Kier alpha value is -0.570. The molecule has 0 bridgehead atoms.